The van der Waals surface area contributed by atoms with Crippen molar-refractivity contribution in [2.24, 2.45) is 0 Å². The summed E-state index contributed by atoms with van der Waals surface area (Å²) in [4.78, 5) is 12.7. The Kier molecular flexibility index (Phi) is 4.90. The highest BCUT2D eigenvalue weighted by atomic mass is 32.2. The molecule has 0 aliphatic carbocycles. The summed E-state index contributed by atoms with van der Waals surface area (Å²) in [6, 6.07) is 15.1. The second kappa shape index (κ2) is 7.27. The van der Waals surface area contributed by atoms with Crippen molar-refractivity contribution < 1.29 is 13.6 Å². The van der Waals surface area contributed by atoms with Crippen LogP contribution >= 0.6 is 11.8 Å². The molecule has 0 saturated carbocycles. The van der Waals surface area contributed by atoms with E-state index in [1.807, 2.05) is 12.3 Å². The first kappa shape index (κ1) is 16.2. The number of carbonyl (C=O) groups is 1. The minimum Gasteiger partial charge on any atom is -0.322 e. The molecule has 0 aliphatic heterocycles. The number of hydrogen-bond acceptors (Lipinski definition) is 3. The van der Waals surface area contributed by atoms with E-state index in [0.29, 0.717) is 27.9 Å². The van der Waals surface area contributed by atoms with Gasteiger partial charge in [0.2, 0.25) is 0 Å². The number of halogens is 2. The van der Waals surface area contributed by atoms with Crippen molar-refractivity contribution in [2.75, 3.05) is 5.32 Å². The number of anilines is 1. The van der Waals surface area contributed by atoms with E-state index in [0.717, 1.165) is 5.69 Å². The molecule has 0 atom stereocenters. The van der Waals surface area contributed by atoms with Gasteiger partial charge in [0.1, 0.15) is 0 Å². The smallest absolute Gasteiger partial charge is 0.288 e. The molecule has 2 aromatic carbocycles. The Bertz CT molecular complexity index is 803. The molecule has 0 aliphatic rings. The zero-order chi connectivity index (χ0) is 16.9. The average molecular weight is 345 g/mol. The molecule has 0 spiro atoms. The van der Waals surface area contributed by atoms with Crippen molar-refractivity contribution in [3.63, 3.8) is 0 Å². The highest BCUT2D eigenvalue weighted by Crippen LogP contribution is 2.26. The van der Waals surface area contributed by atoms with E-state index >= 15 is 0 Å². The highest BCUT2D eigenvalue weighted by molar-refractivity contribution is 7.99. The number of aromatic nitrogens is 2. The molecule has 1 amide bonds. The maximum Gasteiger partial charge on any atom is 0.288 e. The lowest BCUT2D eigenvalue weighted by atomic mass is 10.2. The predicted octanol–water partition coefficient (Wildman–Crippen LogP) is 4.44. The Morgan fingerprint density at radius 3 is 2.38 bits per heavy atom. The van der Waals surface area contributed by atoms with Crippen LogP contribution in [0.15, 0.2) is 71.9 Å². The fraction of sp³-hybridized carbons (Fsp3) is 0.0588. The Morgan fingerprint density at radius 2 is 1.79 bits per heavy atom. The maximum absolute atomic E-state index is 12.3. The molecule has 0 radical (unpaired) electrons. The number of nitrogens with one attached hydrogen (secondary N) is 1. The fourth-order valence-electron chi connectivity index (χ4n) is 2.11. The molecular formula is C17H13F2N3OS. The van der Waals surface area contributed by atoms with Gasteiger partial charge in [-0.2, -0.15) is 13.9 Å². The second-order valence-corrected chi connectivity index (χ2v) is 5.92. The minimum atomic E-state index is -2.46. The van der Waals surface area contributed by atoms with E-state index < -0.39 is 5.76 Å². The number of amides is 1. The predicted molar refractivity (Wildman–Crippen MR) is 89.8 cm³/mol. The van der Waals surface area contributed by atoms with Gasteiger partial charge in [0.05, 0.1) is 5.69 Å². The van der Waals surface area contributed by atoms with Crippen LogP contribution in [-0.4, -0.2) is 21.4 Å². The van der Waals surface area contributed by atoms with Crippen molar-refractivity contribution in [1.29, 1.82) is 0 Å². The zero-order valence-corrected chi connectivity index (χ0v) is 13.2. The Balaban J connectivity index is 1.66. The molecule has 24 heavy (non-hydrogen) atoms. The summed E-state index contributed by atoms with van der Waals surface area (Å²) in [7, 11) is 0. The number of nitrogens with zero attached hydrogens (tertiary/aromatic N) is 2. The van der Waals surface area contributed by atoms with Crippen molar-refractivity contribution in [3.8, 4) is 5.69 Å². The van der Waals surface area contributed by atoms with Crippen LogP contribution in [0.5, 0.6) is 0 Å². The second-order valence-electron chi connectivity index (χ2n) is 4.85. The molecule has 3 rings (SSSR count). The zero-order valence-electron chi connectivity index (χ0n) is 12.4. The van der Waals surface area contributed by atoms with Crippen LogP contribution in [0.25, 0.3) is 5.69 Å². The summed E-state index contributed by atoms with van der Waals surface area (Å²) < 4.78 is 26.2. The first-order valence-corrected chi connectivity index (χ1v) is 7.96. The van der Waals surface area contributed by atoms with Crippen molar-refractivity contribution in [3.05, 3.63) is 72.6 Å². The molecule has 4 nitrogen and oxygen atoms in total. The number of hydrogen-bond donors (Lipinski definition) is 1. The lowest BCUT2D eigenvalue weighted by Crippen LogP contribution is -2.11. The van der Waals surface area contributed by atoms with Gasteiger partial charge in [-0.1, -0.05) is 11.8 Å². The molecule has 1 heterocycles. The molecule has 7 heteroatoms. The molecule has 0 bridgehead atoms. The van der Waals surface area contributed by atoms with Crippen LogP contribution in [0.1, 0.15) is 10.4 Å². The minimum absolute atomic E-state index is 0.267. The topological polar surface area (TPSA) is 46.9 Å². The molecule has 122 valence electrons. The number of alkyl halides is 2. The van der Waals surface area contributed by atoms with E-state index in [2.05, 4.69) is 10.4 Å². The van der Waals surface area contributed by atoms with Gasteiger partial charge in [0.25, 0.3) is 11.7 Å². The third-order valence-electron chi connectivity index (χ3n) is 3.24. The first-order valence-electron chi connectivity index (χ1n) is 7.08. The number of rotatable bonds is 5. The molecule has 1 aromatic heterocycles. The molecule has 0 fully saturated rings. The van der Waals surface area contributed by atoms with Gasteiger partial charge in [-0.05, 0) is 54.6 Å². The van der Waals surface area contributed by atoms with E-state index in [9.17, 15) is 13.6 Å². The summed E-state index contributed by atoms with van der Waals surface area (Å²) in [5.74, 6) is -2.73. The van der Waals surface area contributed by atoms with E-state index in [1.54, 1.807) is 59.4 Å². The summed E-state index contributed by atoms with van der Waals surface area (Å²) in [6.07, 6.45) is 3.49. The maximum atomic E-state index is 12.3. The fourth-order valence-corrected chi connectivity index (χ4v) is 2.61. The quantitative estimate of drug-likeness (QED) is 0.696. The number of thioether (sulfide) groups is 1. The Morgan fingerprint density at radius 1 is 1.08 bits per heavy atom. The largest absolute Gasteiger partial charge is 0.322 e. The van der Waals surface area contributed by atoms with Crippen LogP contribution in [0.2, 0.25) is 0 Å². The van der Waals surface area contributed by atoms with Gasteiger partial charge in [0, 0.05) is 28.5 Å². The van der Waals surface area contributed by atoms with Crippen LogP contribution < -0.4 is 5.32 Å². The molecule has 3 aromatic rings. The van der Waals surface area contributed by atoms with Crippen LogP contribution in [0.3, 0.4) is 0 Å². The third-order valence-corrected chi connectivity index (χ3v) is 3.96. The monoisotopic (exact) mass is 345 g/mol. The van der Waals surface area contributed by atoms with Gasteiger partial charge in [-0.15, -0.1) is 0 Å². The van der Waals surface area contributed by atoms with Crippen molar-refractivity contribution in [2.45, 2.75) is 10.7 Å². The standard InChI is InChI=1S/C17H13F2N3OS/c18-17(19)24-15-8-4-13(5-9-15)21-16(23)12-2-6-14(7-3-12)22-11-1-10-20-22/h1-11,17H,(H,21,23). The number of carbonyl (C=O) groups excluding carboxylic acids is 1. The third kappa shape index (κ3) is 3.99. The van der Waals surface area contributed by atoms with Crippen molar-refractivity contribution in [1.82, 2.24) is 9.78 Å². The van der Waals surface area contributed by atoms with E-state index in [1.165, 1.54) is 0 Å². The lowest BCUT2D eigenvalue weighted by molar-refractivity contribution is 0.102. The molecular weight excluding hydrogens is 332 g/mol. The molecule has 0 unspecified atom stereocenters. The molecule has 1 N–H and O–H groups in total. The summed E-state index contributed by atoms with van der Waals surface area (Å²) in [5.41, 5.74) is 1.90. The van der Waals surface area contributed by atoms with Crippen LogP contribution in [-0.2, 0) is 0 Å². The van der Waals surface area contributed by atoms with Gasteiger partial charge >= 0.3 is 0 Å². The number of benzene rings is 2. The Labute approximate surface area is 141 Å². The summed E-state index contributed by atoms with van der Waals surface area (Å²) in [5, 5.41) is 6.85. The Hall–Kier alpha value is -2.67. The summed E-state index contributed by atoms with van der Waals surface area (Å²) in [6.45, 7) is 0. The van der Waals surface area contributed by atoms with E-state index in [4.69, 9.17) is 0 Å². The van der Waals surface area contributed by atoms with Gasteiger partial charge < -0.3 is 5.32 Å². The normalized spacial score (nSPS) is 10.8. The van der Waals surface area contributed by atoms with Gasteiger partial charge in [0.15, 0.2) is 0 Å². The van der Waals surface area contributed by atoms with Gasteiger partial charge in [-0.3, -0.25) is 4.79 Å². The van der Waals surface area contributed by atoms with Crippen molar-refractivity contribution >= 4 is 23.4 Å². The average Bonchev–Trinajstić information content (AvgIpc) is 3.11. The molecule has 0 saturated heterocycles. The highest BCUT2D eigenvalue weighted by Gasteiger charge is 2.08. The van der Waals surface area contributed by atoms with E-state index in [-0.39, 0.29) is 5.91 Å². The first-order chi connectivity index (χ1) is 11.6. The summed E-state index contributed by atoms with van der Waals surface area (Å²) >= 11 is 0.468. The van der Waals surface area contributed by atoms with Crippen LogP contribution in [0, 0.1) is 0 Å². The van der Waals surface area contributed by atoms with Gasteiger partial charge in [-0.25, -0.2) is 4.68 Å². The lowest BCUT2D eigenvalue weighted by Gasteiger charge is -2.07. The SMILES string of the molecule is O=C(Nc1ccc(SC(F)F)cc1)c1ccc(-n2cccn2)cc1. The van der Waals surface area contributed by atoms with Crippen LogP contribution in [0.4, 0.5) is 14.5 Å².